The van der Waals surface area contributed by atoms with Crippen LogP contribution in [-0.4, -0.2) is 14.8 Å². The molecule has 0 bridgehead atoms. The lowest BCUT2D eigenvalue weighted by Gasteiger charge is -2.12. The SMILES string of the molecule is Cn1ccc(Nc2ccc(C(F)(F)F)cc2)c(-c2nnco2)c1=O. The molecule has 2 heterocycles. The van der Waals surface area contributed by atoms with Crippen molar-refractivity contribution in [1.82, 2.24) is 14.8 Å². The quantitative estimate of drug-likeness (QED) is 0.795. The van der Waals surface area contributed by atoms with Crippen molar-refractivity contribution in [2.75, 3.05) is 5.32 Å². The van der Waals surface area contributed by atoms with Crippen LogP contribution >= 0.6 is 0 Å². The van der Waals surface area contributed by atoms with E-state index in [0.717, 1.165) is 18.5 Å². The van der Waals surface area contributed by atoms with Gasteiger partial charge in [-0.05, 0) is 30.3 Å². The zero-order valence-corrected chi connectivity index (χ0v) is 12.3. The number of nitrogens with one attached hydrogen (secondary N) is 1. The number of hydrogen-bond donors (Lipinski definition) is 1. The molecule has 6 nitrogen and oxygen atoms in total. The van der Waals surface area contributed by atoms with Gasteiger partial charge >= 0.3 is 6.18 Å². The maximum Gasteiger partial charge on any atom is 0.416 e. The Bertz CT molecular complexity index is 900. The third-order valence-corrected chi connectivity index (χ3v) is 3.33. The van der Waals surface area contributed by atoms with Crippen molar-refractivity contribution in [3.05, 3.63) is 58.8 Å². The zero-order valence-electron chi connectivity index (χ0n) is 12.3. The number of alkyl halides is 3. The minimum atomic E-state index is -4.41. The summed E-state index contributed by atoms with van der Waals surface area (Å²) in [6.07, 6.45) is -1.80. The van der Waals surface area contributed by atoms with E-state index in [-0.39, 0.29) is 17.0 Å². The molecule has 0 aliphatic heterocycles. The number of benzene rings is 1. The Morgan fingerprint density at radius 3 is 2.46 bits per heavy atom. The molecule has 0 unspecified atom stereocenters. The van der Waals surface area contributed by atoms with Crippen LogP contribution in [0.4, 0.5) is 24.5 Å². The first-order chi connectivity index (χ1) is 11.4. The van der Waals surface area contributed by atoms with Crippen molar-refractivity contribution in [3.8, 4) is 11.5 Å². The fraction of sp³-hybridized carbons (Fsp3) is 0.133. The highest BCUT2D eigenvalue weighted by atomic mass is 19.4. The number of pyridine rings is 1. The zero-order chi connectivity index (χ0) is 17.3. The highest BCUT2D eigenvalue weighted by Gasteiger charge is 2.30. The number of anilines is 2. The highest BCUT2D eigenvalue weighted by Crippen LogP contribution is 2.31. The summed E-state index contributed by atoms with van der Waals surface area (Å²) in [4.78, 5) is 12.3. The number of hydrogen-bond acceptors (Lipinski definition) is 5. The summed E-state index contributed by atoms with van der Waals surface area (Å²) >= 11 is 0. The van der Waals surface area contributed by atoms with Gasteiger partial charge in [0.1, 0.15) is 5.56 Å². The topological polar surface area (TPSA) is 73.0 Å². The number of aromatic nitrogens is 3. The van der Waals surface area contributed by atoms with E-state index in [1.54, 1.807) is 13.1 Å². The Morgan fingerprint density at radius 2 is 1.88 bits per heavy atom. The van der Waals surface area contributed by atoms with E-state index < -0.39 is 11.7 Å². The van der Waals surface area contributed by atoms with Gasteiger partial charge in [-0.15, -0.1) is 10.2 Å². The second-order valence-electron chi connectivity index (χ2n) is 4.96. The number of halogens is 3. The second kappa shape index (κ2) is 5.84. The fourth-order valence-electron chi connectivity index (χ4n) is 2.12. The van der Waals surface area contributed by atoms with Crippen LogP contribution in [0.2, 0.25) is 0 Å². The maximum atomic E-state index is 12.6. The van der Waals surface area contributed by atoms with Crippen LogP contribution < -0.4 is 10.9 Å². The molecular formula is C15H11F3N4O2. The highest BCUT2D eigenvalue weighted by molar-refractivity contribution is 5.75. The number of nitrogens with zero attached hydrogens (tertiary/aromatic N) is 3. The molecule has 0 fully saturated rings. The van der Waals surface area contributed by atoms with Crippen molar-refractivity contribution < 1.29 is 17.6 Å². The normalized spacial score (nSPS) is 11.5. The van der Waals surface area contributed by atoms with E-state index in [1.165, 1.54) is 22.9 Å². The Hall–Kier alpha value is -3.10. The molecule has 0 saturated heterocycles. The lowest BCUT2D eigenvalue weighted by atomic mass is 10.1. The van der Waals surface area contributed by atoms with Crippen molar-refractivity contribution in [1.29, 1.82) is 0 Å². The first-order valence-electron chi connectivity index (χ1n) is 6.77. The maximum absolute atomic E-state index is 12.6. The van der Waals surface area contributed by atoms with Gasteiger partial charge < -0.3 is 14.3 Å². The summed E-state index contributed by atoms with van der Waals surface area (Å²) in [5.41, 5.74) is -0.262. The number of rotatable bonds is 3. The molecule has 1 aromatic carbocycles. The Balaban J connectivity index is 1.99. The summed E-state index contributed by atoms with van der Waals surface area (Å²) < 4.78 is 44.2. The molecule has 0 saturated carbocycles. The molecule has 124 valence electrons. The van der Waals surface area contributed by atoms with Crippen molar-refractivity contribution in [3.63, 3.8) is 0 Å². The van der Waals surface area contributed by atoms with E-state index in [4.69, 9.17) is 4.42 Å². The molecular weight excluding hydrogens is 325 g/mol. The average Bonchev–Trinajstić information content (AvgIpc) is 3.05. The van der Waals surface area contributed by atoms with Gasteiger partial charge in [-0.1, -0.05) is 0 Å². The Labute approximate surface area is 133 Å². The first-order valence-corrected chi connectivity index (χ1v) is 6.77. The van der Waals surface area contributed by atoms with E-state index in [1.807, 2.05) is 0 Å². The molecule has 0 radical (unpaired) electrons. The molecule has 0 aliphatic rings. The van der Waals surface area contributed by atoms with Crippen LogP contribution in [0.15, 0.2) is 52.1 Å². The second-order valence-corrected chi connectivity index (χ2v) is 4.96. The van der Waals surface area contributed by atoms with Gasteiger partial charge in [-0.3, -0.25) is 4.79 Å². The van der Waals surface area contributed by atoms with E-state index in [0.29, 0.717) is 11.4 Å². The predicted molar refractivity (Wildman–Crippen MR) is 79.7 cm³/mol. The van der Waals surface area contributed by atoms with Gasteiger partial charge in [-0.2, -0.15) is 13.2 Å². The minimum Gasteiger partial charge on any atom is -0.423 e. The van der Waals surface area contributed by atoms with Gasteiger partial charge in [0.05, 0.1) is 11.3 Å². The summed E-state index contributed by atoms with van der Waals surface area (Å²) in [5, 5.41) is 10.2. The molecule has 0 spiro atoms. The summed E-state index contributed by atoms with van der Waals surface area (Å²) in [7, 11) is 1.56. The van der Waals surface area contributed by atoms with E-state index in [2.05, 4.69) is 15.5 Å². The molecule has 0 amide bonds. The molecule has 0 atom stereocenters. The Morgan fingerprint density at radius 1 is 1.17 bits per heavy atom. The van der Waals surface area contributed by atoms with Gasteiger partial charge in [0.15, 0.2) is 0 Å². The van der Waals surface area contributed by atoms with Gasteiger partial charge in [0.2, 0.25) is 6.39 Å². The smallest absolute Gasteiger partial charge is 0.416 e. The van der Waals surface area contributed by atoms with Crippen LogP contribution in [-0.2, 0) is 13.2 Å². The van der Waals surface area contributed by atoms with Crippen molar-refractivity contribution >= 4 is 11.4 Å². The van der Waals surface area contributed by atoms with Crippen LogP contribution in [0.3, 0.4) is 0 Å². The molecule has 3 aromatic rings. The largest absolute Gasteiger partial charge is 0.423 e. The van der Waals surface area contributed by atoms with Crippen LogP contribution in [0, 0.1) is 0 Å². The van der Waals surface area contributed by atoms with E-state index >= 15 is 0 Å². The average molecular weight is 336 g/mol. The first kappa shape index (κ1) is 15.8. The third kappa shape index (κ3) is 3.00. The third-order valence-electron chi connectivity index (χ3n) is 3.33. The monoisotopic (exact) mass is 336 g/mol. The molecule has 24 heavy (non-hydrogen) atoms. The van der Waals surface area contributed by atoms with Crippen molar-refractivity contribution in [2.45, 2.75) is 6.18 Å². The molecule has 2 aromatic heterocycles. The minimum absolute atomic E-state index is 0.0191. The number of aryl methyl sites for hydroxylation is 1. The van der Waals surface area contributed by atoms with Crippen LogP contribution in [0.25, 0.3) is 11.5 Å². The van der Waals surface area contributed by atoms with Gasteiger partial charge in [0.25, 0.3) is 11.4 Å². The standard InChI is InChI=1S/C15H11F3N4O2/c1-22-7-6-11(12(14(22)23)13-21-19-8-24-13)20-10-4-2-9(3-5-10)15(16,17)18/h2-8,20H,1H3. The van der Waals surface area contributed by atoms with Crippen molar-refractivity contribution in [2.24, 2.45) is 7.05 Å². The Kier molecular flexibility index (Phi) is 3.84. The lowest BCUT2D eigenvalue weighted by Crippen LogP contribution is -2.19. The summed E-state index contributed by atoms with van der Waals surface area (Å²) in [5.74, 6) is 0.0191. The fourth-order valence-corrected chi connectivity index (χ4v) is 2.12. The van der Waals surface area contributed by atoms with Gasteiger partial charge in [0, 0.05) is 18.9 Å². The molecule has 1 N–H and O–H groups in total. The predicted octanol–water partition coefficient (Wildman–Crippen LogP) is 3.20. The lowest BCUT2D eigenvalue weighted by molar-refractivity contribution is -0.137. The van der Waals surface area contributed by atoms with E-state index in [9.17, 15) is 18.0 Å². The van der Waals surface area contributed by atoms with Crippen LogP contribution in [0.1, 0.15) is 5.56 Å². The van der Waals surface area contributed by atoms with Crippen LogP contribution in [0.5, 0.6) is 0 Å². The molecule has 3 rings (SSSR count). The molecule has 0 aliphatic carbocycles. The summed E-state index contributed by atoms with van der Waals surface area (Å²) in [6, 6.07) is 6.06. The van der Waals surface area contributed by atoms with Gasteiger partial charge in [-0.25, -0.2) is 0 Å². The molecule has 9 heteroatoms. The summed E-state index contributed by atoms with van der Waals surface area (Å²) in [6.45, 7) is 0.